The summed E-state index contributed by atoms with van der Waals surface area (Å²) in [4.78, 5) is 0. The van der Waals surface area contributed by atoms with Gasteiger partial charge in [-0.2, -0.15) is 0 Å². The minimum Gasteiger partial charge on any atom is -0.388 e. The van der Waals surface area contributed by atoms with Crippen molar-refractivity contribution in [3.63, 3.8) is 0 Å². The Morgan fingerprint density at radius 2 is 1.60 bits per heavy atom. The van der Waals surface area contributed by atoms with Crippen molar-refractivity contribution in [2.75, 3.05) is 0 Å². The van der Waals surface area contributed by atoms with Crippen LogP contribution in [-0.4, -0.2) is 5.11 Å². The molecule has 1 atom stereocenters. The first-order valence-corrected chi connectivity index (χ1v) is 6.27. The molecule has 0 saturated carbocycles. The average Bonchev–Trinajstić information content (AvgIpc) is 2.40. The molecule has 20 heavy (non-hydrogen) atoms. The van der Waals surface area contributed by atoms with Crippen LogP contribution in [0.1, 0.15) is 28.4 Å². The third-order valence-corrected chi connectivity index (χ3v) is 3.29. The first kappa shape index (κ1) is 14.6. The molecule has 0 saturated heterocycles. The number of halogens is 3. The van der Waals surface area contributed by atoms with Crippen LogP contribution in [0.2, 0.25) is 0 Å². The molecule has 2 rings (SSSR count). The molecule has 0 bridgehead atoms. The zero-order chi connectivity index (χ0) is 14.9. The smallest absolute Gasteiger partial charge is 0.162 e. The topological polar surface area (TPSA) is 20.2 Å². The Bertz CT molecular complexity index is 615. The van der Waals surface area contributed by atoms with Crippen molar-refractivity contribution in [2.24, 2.45) is 0 Å². The number of aliphatic hydroxyl groups excluding tert-OH is 1. The Morgan fingerprint density at radius 1 is 1.00 bits per heavy atom. The average molecular weight is 280 g/mol. The Labute approximate surface area is 115 Å². The molecular formula is C16H15F3O. The number of hydrogen-bond donors (Lipinski definition) is 1. The number of benzene rings is 2. The molecule has 0 fully saturated rings. The lowest BCUT2D eigenvalue weighted by atomic mass is 9.97. The van der Waals surface area contributed by atoms with Crippen molar-refractivity contribution >= 4 is 0 Å². The van der Waals surface area contributed by atoms with E-state index in [1.807, 2.05) is 0 Å². The molecule has 4 heteroatoms. The van der Waals surface area contributed by atoms with Gasteiger partial charge in [0.1, 0.15) is 5.82 Å². The van der Waals surface area contributed by atoms with Crippen molar-refractivity contribution in [2.45, 2.75) is 26.4 Å². The molecule has 0 aliphatic rings. The lowest BCUT2D eigenvalue weighted by molar-refractivity contribution is 0.176. The van der Waals surface area contributed by atoms with Crippen molar-refractivity contribution < 1.29 is 18.3 Å². The number of aryl methyl sites for hydroxylation is 2. The first-order chi connectivity index (χ1) is 9.40. The van der Waals surface area contributed by atoms with Crippen LogP contribution in [-0.2, 0) is 6.42 Å². The quantitative estimate of drug-likeness (QED) is 0.901. The molecule has 0 aliphatic heterocycles. The summed E-state index contributed by atoms with van der Waals surface area (Å²) in [5.41, 5.74) is 1.42. The predicted octanol–water partition coefficient (Wildman–Crippen LogP) is 4.00. The molecule has 0 radical (unpaired) electrons. The molecular weight excluding hydrogens is 265 g/mol. The van der Waals surface area contributed by atoms with Gasteiger partial charge in [-0.3, -0.25) is 0 Å². The Morgan fingerprint density at radius 3 is 2.20 bits per heavy atom. The van der Waals surface area contributed by atoms with Crippen LogP contribution in [0.4, 0.5) is 13.2 Å². The summed E-state index contributed by atoms with van der Waals surface area (Å²) in [6.07, 6.45) is -1.07. The van der Waals surface area contributed by atoms with Crippen molar-refractivity contribution in [1.82, 2.24) is 0 Å². The lowest BCUT2D eigenvalue weighted by Crippen LogP contribution is -2.06. The first-order valence-electron chi connectivity index (χ1n) is 6.27. The maximum Gasteiger partial charge on any atom is 0.162 e. The van der Waals surface area contributed by atoms with Gasteiger partial charge in [-0.25, -0.2) is 13.2 Å². The van der Waals surface area contributed by atoms with Crippen LogP contribution in [0.5, 0.6) is 0 Å². The summed E-state index contributed by atoms with van der Waals surface area (Å²) >= 11 is 0. The predicted molar refractivity (Wildman–Crippen MR) is 70.9 cm³/mol. The minimum atomic E-state index is -1.01. The van der Waals surface area contributed by atoms with Crippen LogP contribution in [0, 0.1) is 31.3 Å². The van der Waals surface area contributed by atoms with Gasteiger partial charge < -0.3 is 5.11 Å². The molecule has 106 valence electrons. The third kappa shape index (κ3) is 2.85. The maximum atomic E-state index is 13.6. The summed E-state index contributed by atoms with van der Waals surface area (Å²) in [6.45, 7) is 3.20. The van der Waals surface area contributed by atoms with E-state index in [1.54, 1.807) is 13.8 Å². The van der Waals surface area contributed by atoms with Gasteiger partial charge in [0.15, 0.2) is 11.6 Å². The Balaban J connectivity index is 2.28. The fourth-order valence-corrected chi connectivity index (χ4v) is 2.20. The van der Waals surface area contributed by atoms with E-state index in [1.165, 1.54) is 24.3 Å². The fourth-order valence-electron chi connectivity index (χ4n) is 2.20. The molecule has 0 amide bonds. The standard InChI is InChI=1S/C16H15F3O/c1-9-6-12(7-10(2)15(9)18)14(20)8-11-4-3-5-13(17)16(11)19/h3-7,14,20H,8H2,1-2H3. The molecule has 0 heterocycles. The summed E-state index contributed by atoms with van der Waals surface area (Å²) < 4.78 is 40.2. The van der Waals surface area contributed by atoms with Gasteiger partial charge in [0.05, 0.1) is 6.10 Å². The zero-order valence-electron chi connectivity index (χ0n) is 11.3. The second-order valence-corrected chi connectivity index (χ2v) is 4.90. The summed E-state index contributed by atoms with van der Waals surface area (Å²) in [5, 5.41) is 10.1. The molecule has 1 unspecified atom stereocenters. The highest BCUT2D eigenvalue weighted by atomic mass is 19.2. The number of hydrogen-bond acceptors (Lipinski definition) is 1. The largest absolute Gasteiger partial charge is 0.388 e. The van der Waals surface area contributed by atoms with Crippen molar-refractivity contribution in [3.8, 4) is 0 Å². The van der Waals surface area contributed by atoms with Crippen LogP contribution in [0.25, 0.3) is 0 Å². The van der Waals surface area contributed by atoms with Gasteiger partial charge in [0.2, 0.25) is 0 Å². The Hall–Kier alpha value is -1.81. The van der Waals surface area contributed by atoms with E-state index in [-0.39, 0.29) is 17.8 Å². The number of rotatable bonds is 3. The molecule has 1 nitrogen and oxygen atoms in total. The Kier molecular flexibility index (Phi) is 4.14. The highest BCUT2D eigenvalue weighted by Crippen LogP contribution is 2.24. The molecule has 1 N–H and O–H groups in total. The van der Waals surface area contributed by atoms with E-state index in [9.17, 15) is 18.3 Å². The molecule has 0 aliphatic carbocycles. The zero-order valence-corrected chi connectivity index (χ0v) is 11.3. The summed E-state index contributed by atoms with van der Waals surface area (Å²) in [5.74, 6) is -2.22. The van der Waals surface area contributed by atoms with Gasteiger partial charge in [0, 0.05) is 6.42 Å². The summed E-state index contributed by atoms with van der Waals surface area (Å²) in [7, 11) is 0. The van der Waals surface area contributed by atoms with Crippen LogP contribution >= 0.6 is 0 Å². The normalized spacial score (nSPS) is 12.5. The van der Waals surface area contributed by atoms with E-state index >= 15 is 0 Å². The fraction of sp³-hybridized carbons (Fsp3) is 0.250. The summed E-state index contributed by atoms with van der Waals surface area (Å²) in [6, 6.07) is 6.87. The van der Waals surface area contributed by atoms with Gasteiger partial charge in [-0.1, -0.05) is 24.3 Å². The highest BCUT2D eigenvalue weighted by molar-refractivity contribution is 5.33. The molecule has 2 aromatic rings. The lowest BCUT2D eigenvalue weighted by Gasteiger charge is -2.14. The van der Waals surface area contributed by atoms with Crippen molar-refractivity contribution in [3.05, 3.63) is 70.0 Å². The van der Waals surface area contributed by atoms with E-state index in [0.717, 1.165) is 6.07 Å². The highest BCUT2D eigenvalue weighted by Gasteiger charge is 2.16. The molecule has 0 spiro atoms. The SMILES string of the molecule is Cc1cc(C(O)Cc2cccc(F)c2F)cc(C)c1F. The third-order valence-electron chi connectivity index (χ3n) is 3.29. The minimum absolute atomic E-state index is 0.0614. The van der Waals surface area contributed by atoms with Crippen molar-refractivity contribution in [1.29, 1.82) is 0 Å². The molecule has 0 aromatic heterocycles. The second-order valence-electron chi connectivity index (χ2n) is 4.90. The number of aliphatic hydroxyl groups is 1. The van der Waals surface area contributed by atoms with Gasteiger partial charge in [0.25, 0.3) is 0 Å². The van der Waals surface area contributed by atoms with E-state index in [2.05, 4.69) is 0 Å². The van der Waals surface area contributed by atoms with Crippen LogP contribution in [0.3, 0.4) is 0 Å². The van der Waals surface area contributed by atoms with E-state index < -0.39 is 17.7 Å². The van der Waals surface area contributed by atoms with E-state index in [0.29, 0.717) is 16.7 Å². The van der Waals surface area contributed by atoms with Crippen LogP contribution < -0.4 is 0 Å². The van der Waals surface area contributed by atoms with E-state index in [4.69, 9.17) is 0 Å². The monoisotopic (exact) mass is 280 g/mol. The molecule has 2 aromatic carbocycles. The van der Waals surface area contributed by atoms with Gasteiger partial charge in [-0.15, -0.1) is 0 Å². The second kappa shape index (κ2) is 5.67. The maximum absolute atomic E-state index is 13.6. The van der Waals surface area contributed by atoms with Gasteiger partial charge in [-0.05, 0) is 42.2 Å². The van der Waals surface area contributed by atoms with Crippen LogP contribution in [0.15, 0.2) is 30.3 Å². The van der Waals surface area contributed by atoms with Gasteiger partial charge >= 0.3 is 0 Å².